The third-order valence-corrected chi connectivity index (χ3v) is 3.73. The van der Waals surface area contributed by atoms with Gasteiger partial charge in [-0.3, -0.25) is 4.79 Å². The number of rotatable bonds is 1. The van der Waals surface area contributed by atoms with Crippen molar-refractivity contribution in [1.82, 2.24) is 4.90 Å². The molecule has 1 amide bonds. The van der Waals surface area contributed by atoms with Crippen LogP contribution in [0.3, 0.4) is 0 Å². The molecule has 0 saturated carbocycles. The van der Waals surface area contributed by atoms with Gasteiger partial charge in [-0.05, 0) is 12.0 Å². The number of nitrogen functional groups attached to an aromatic ring is 1. The van der Waals surface area contributed by atoms with Crippen molar-refractivity contribution < 1.29 is 9.90 Å². The van der Waals surface area contributed by atoms with Crippen molar-refractivity contribution in [3.63, 3.8) is 0 Å². The Morgan fingerprint density at radius 1 is 1.69 bits per heavy atom. The van der Waals surface area contributed by atoms with Crippen LogP contribution in [0, 0.1) is 11.3 Å². The van der Waals surface area contributed by atoms with Crippen molar-refractivity contribution in [2.75, 3.05) is 18.9 Å². The fourth-order valence-corrected chi connectivity index (χ4v) is 2.94. The summed E-state index contributed by atoms with van der Waals surface area (Å²) in [7, 11) is 0. The van der Waals surface area contributed by atoms with Gasteiger partial charge in [0.1, 0.15) is 17.7 Å². The normalized spacial score (nSPS) is 14.4. The Morgan fingerprint density at radius 2 is 2.44 bits per heavy atom. The third-order valence-electron chi connectivity index (χ3n) is 2.68. The summed E-state index contributed by atoms with van der Waals surface area (Å²) in [5.74, 6) is -0.281. The molecule has 0 aromatic carbocycles. The van der Waals surface area contributed by atoms with E-state index in [9.17, 15) is 4.79 Å². The number of carbonyl (C=O) groups is 1. The van der Waals surface area contributed by atoms with E-state index in [-0.39, 0.29) is 5.91 Å². The van der Waals surface area contributed by atoms with Crippen LogP contribution in [-0.4, -0.2) is 29.1 Å². The Labute approximate surface area is 96.7 Å². The molecule has 84 valence electrons. The molecule has 0 bridgehead atoms. The smallest absolute Gasteiger partial charge is 0.248 e. The third kappa shape index (κ3) is 1.64. The van der Waals surface area contributed by atoms with Gasteiger partial charge in [0.25, 0.3) is 0 Å². The lowest BCUT2D eigenvalue weighted by atomic mass is 10.0. The fraction of sp³-hybridized carbons (Fsp3) is 0.400. The van der Waals surface area contributed by atoms with Crippen LogP contribution in [0.2, 0.25) is 0 Å². The Balaban J connectivity index is 2.29. The van der Waals surface area contributed by atoms with E-state index < -0.39 is 6.61 Å². The number of fused-ring (bicyclic) bond motifs is 1. The van der Waals surface area contributed by atoms with Gasteiger partial charge in [-0.1, -0.05) is 0 Å². The summed E-state index contributed by atoms with van der Waals surface area (Å²) in [4.78, 5) is 13.9. The van der Waals surface area contributed by atoms with E-state index in [1.54, 1.807) is 4.90 Å². The second kappa shape index (κ2) is 4.12. The lowest BCUT2D eigenvalue weighted by molar-refractivity contribution is -0.135. The van der Waals surface area contributed by atoms with Gasteiger partial charge in [0.15, 0.2) is 0 Å². The van der Waals surface area contributed by atoms with E-state index in [0.29, 0.717) is 30.1 Å². The molecular formula is C10H11N3O2S. The number of carbonyl (C=O) groups excluding carboxylic acids is 1. The number of hydrogen-bond acceptors (Lipinski definition) is 5. The molecule has 3 N–H and O–H groups in total. The Hall–Kier alpha value is -1.58. The number of thiophene rings is 1. The number of nitrogens with zero attached hydrogens (tertiary/aromatic N) is 2. The van der Waals surface area contributed by atoms with Crippen molar-refractivity contribution >= 4 is 22.2 Å². The standard InChI is InChI=1S/C10H11N3O2S/c11-3-7-6-1-2-13(9(15)5-14)4-8(6)16-10(7)12/h14H,1-2,4-5,12H2. The first-order chi connectivity index (χ1) is 7.67. The van der Waals surface area contributed by atoms with Crippen LogP contribution < -0.4 is 5.73 Å². The highest BCUT2D eigenvalue weighted by Gasteiger charge is 2.25. The van der Waals surface area contributed by atoms with Gasteiger partial charge in [-0.25, -0.2) is 0 Å². The quantitative estimate of drug-likeness (QED) is 0.723. The number of anilines is 1. The first kappa shape index (κ1) is 10.9. The van der Waals surface area contributed by atoms with E-state index in [1.165, 1.54) is 11.3 Å². The molecule has 0 saturated heterocycles. The van der Waals surface area contributed by atoms with Crippen LogP contribution in [0.5, 0.6) is 0 Å². The lowest BCUT2D eigenvalue weighted by Gasteiger charge is -2.26. The summed E-state index contributed by atoms with van der Waals surface area (Å²) in [5, 5.41) is 18.2. The second-order valence-corrected chi connectivity index (χ2v) is 4.72. The van der Waals surface area contributed by atoms with E-state index >= 15 is 0 Å². The first-order valence-corrected chi connectivity index (χ1v) is 5.67. The minimum atomic E-state index is -0.471. The predicted molar refractivity (Wildman–Crippen MR) is 59.7 cm³/mol. The summed E-state index contributed by atoms with van der Waals surface area (Å²) < 4.78 is 0. The zero-order chi connectivity index (χ0) is 11.7. The number of aliphatic hydroxyl groups excluding tert-OH is 1. The highest BCUT2D eigenvalue weighted by molar-refractivity contribution is 7.16. The molecule has 1 aliphatic rings. The molecule has 0 radical (unpaired) electrons. The fourth-order valence-electron chi connectivity index (χ4n) is 1.86. The van der Waals surface area contributed by atoms with Gasteiger partial charge in [0.05, 0.1) is 12.1 Å². The SMILES string of the molecule is N#Cc1c(N)sc2c1CCN(C(=O)CO)C2. The largest absolute Gasteiger partial charge is 0.389 e. The number of aliphatic hydroxyl groups is 1. The molecule has 0 unspecified atom stereocenters. The average molecular weight is 237 g/mol. The van der Waals surface area contributed by atoms with E-state index in [2.05, 4.69) is 6.07 Å². The predicted octanol–water partition coefficient (Wildman–Crippen LogP) is 0.0790. The van der Waals surface area contributed by atoms with Crippen LogP contribution in [0.25, 0.3) is 0 Å². The first-order valence-electron chi connectivity index (χ1n) is 4.86. The maximum absolute atomic E-state index is 11.3. The minimum Gasteiger partial charge on any atom is -0.389 e. The van der Waals surface area contributed by atoms with Gasteiger partial charge < -0.3 is 15.7 Å². The molecule has 16 heavy (non-hydrogen) atoms. The molecule has 1 aromatic heterocycles. The highest BCUT2D eigenvalue weighted by Crippen LogP contribution is 2.34. The molecule has 2 rings (SSSR count). The molecule has 0 aliphatic carbocycles. The van der Waals surface area contributed by atoms with E-state index in [4.69, 9.17) is 16.1 Å². The van der Waals surface area contributed by atoms with Crippen LogP contribution in [-0.2, 0) is 17.8 Å². The summed E-state index contributed by atoms with van der Waals surface area (Å²) in [6.45, 7) is 0.518. The van der Waals surface area contributed by atoms with E-state index in [0.717, 1.165) is 10.4 Å². The van der Waals surface area contributed by atoms with Crippen molar-refractivity contribution in [3.8, 4) is 6.07 Å². The maximum atomic E-state index is 11.3. The number of nitriles is 1. The van der Waals surface area contributed by atoms with Gasteiger partial charge in [0, 0.05) is 11.4 Å². The van der Waals surface area contributed by atoms with Gasteiger partial charge in [-0.2, -0.15) is 5.26 Å². The highest BCUT2D eigenvalue weighted by atomic mass is 32.1. The van der Waals surface area contributed by atoms with Crippen LogP contribution >= 0.6 is 11.3 Å². The molecule has 2 heterocycles. The van der Waals surface area contributed by atoms with Gasteiger partial charge >= 0.3 is 0 Å². The van der Waals surface area contributed by atoms with Gasteiger partial charge in [-0.15, -0.1) is 11.3 Å². The molecular weight excluding hydrogens is 226 g/mol. The number of nitrogens with two attached hydrogens (primary N) is 1. The van der Waals surface area contributed by atoms with Crippen LogP contribution in [0.1, 0.15) is 16.0 Å². The average Bonchev–Trinajstić information content (AvgIpc) is 2.62. The minimum absolute atomic E-state index is 0.281. The maximum Gasteiger partial charge on any atom is 0.248 e. The van der Waals surface area contributed by atoms with Crippen LogP contribution in [0.4, 0.5) is 5.00 Å². The summed E-state index contributed by atoms with van der Waals surface area (Å²) >= 11 is 1.35. The molecule has 0 spiro atoms. The summed E-state index contributed by atoms with van der Waals surface area (Å²) in [6, 6.07) is 2.09. The number of amides is 1. The number of hydrogen-bond donors (Lipinski definition) is 2. The van der Waals surface area contributed by atoms with E-state index in [1.807, 2.05) is 0 Å². The Bertz CT molecular complexity index is 475. The Morgan fingerprint density at radius 3 is 3.06 bits per heavy atom. The van der Waals surface area contributed by atoms with Crippen molar-refractivity contribution in [1.29, 1.82) is 5.26 Å². The molecule has 5 nitrogen and oxygen atoms in total. The molecule has 6 heteroatoms. The zero-order valence-corrected chi connectivity index (χ0v) is 9.38. The Kier molecular flexibility index (Phi) is 2.81. The summed E-state index contributed by atoms with van der Waals surface area (Å²) in [6.07, 6.45) is 0.637. The molecule has 0 fully saturated rings. The van der Waals surface area contributed by atoms with Gasteiger partial charge in [0.2, 0.25) is 5.91 Å². The van der Waals surface area contributed by atoms with Crippen molar-refractivity contribution in [2.24, 2.45) is 0 Å². The van der Waals surface area contributed by atoms with Crippen molar-refractivity contribution in [2.45, 2.75) is 13.0 Å². The van der Waals surface area contributed by atoms with Crippen LogP contribution in [0.15, 0.2) is 0 Å². The molecule has 1 aromatic rings. The molecule has 1 aliphatic heterocycles. The lowest BCUT2D eigenvalue weighted by Crippen LogP contribution is -2.37. The molecule has 0 atom stereocenters. The topological polar surface area (TPSA) is 90.4 Å². The zero-order valence-electron chi connectivity index (χ0n) is 8.56. The second-order valence-electron chi connectivity index (χ2n) is 3.58. The summed E-state index contributed by atoms with van der Waals surface area (Å²) in [5.41, 5.74) is 7.25. The monoisotopic (exact) mass is 237 g/mol. The van der Waals surface area contributed by atoms with Crippen molar-refractivity contribution in [3.05, 3.63) is 16.0 Å².